The van der Waals surface area contributed by atoms with Crippen molar-refractivity contribution in [2.75, 3.05) is 13.7 Å². The first kappa shape index (κ1) is 18.2. The topological polar surface area (TPSA) is 75.8 Å². The summed E-state index contributed by atoms with van der Waals surface area (Å²) in [4.78, 5) is 18.8. The number of aromatic hydroxyl groups is 1. The standard InChI is InChI=1S/C21H19FN2O4/c1-27-19(13-5-3-2-4-6-13)20-23-16-12-24(10-9-18(16)28-20)21(26)15-11-14(22)7-8-17(15)25/h2-8,11,19,25H,9-10,12H2,1H3. The monoisotopic (exact) mass is 382 g/mol. The van der Waals surface area contributed by atoms with Crippen LogP contribution in [0.4, 0.5) is 4.39 Å². The Morgan fingerprint density at radius 2 is 2.07 bits per heavy atom. The number of amides is 1. The maximum absolute atomic E-state index is 13.5. The highest BCUT2D eigenvalue weighted by Gasteiger charge is 2.30. The molecule has 28 heavy (non-hydrogen) atoms. The zero-order chi connectivity index (χ0) is 19.7. The highest BCUT2D eigenvalue weighted by Crippen LogP contribution is 2.30. The van der Waals surface area contributed by atoms with Gasteiger partial charge in [-0.05, 0) is 23.8 Å². The molecule has 7 heteroatoms. The lowest BCUT2D eigenvalue weighted by atomic mass is 10.1. The van der Waals surface area contributed by atoms with E-state index in [0.717, 1.165) is 17.7 Å². The Balaban J connectivity index is 1.58. The maximum atomic E-state index is 13.5. The molecule has 0 bridgehead atoms. The molecule has 1 aliphatic heterocycles. The molecule has 0 fully saturated rings. The fraction of sp³-hybridized carbons (Fsp3) is 0.238. The largest absolute Gasteiger partial charge is 0.507 e. The Bertz CT molecular complexity index is 1000. The molecule has 1 aliphatic rings. The van der Waals surface area contributed by atoms with Gasteiger partial charge in [0.05, 0.1) is 12.1 Å². The van der Waals surface area contributed by atoms with E-state index in [1.807, 2.05) is 30.3 Å². The van der Waals surface area contributed by atoms with Crippen molar-refractivity contribution in [2.24, 2.45) is 0 Å². The van der Waals surface area contributed by atoms with E-state index in [9.17, 15) is 14.3 Å². The number of methoxy groups -OCH3 is 1. The van der Waals surface area contributed by atoms with Gasteiger partial charge in [0.15, 0.2) is 6.10 Å². The Morgan fingerprint density at radius 3 is 2.82 bits per heavy atom. The van der Waals surface area contributed by atoms with Crippen LogP contribution in [0.1, 0.15) is 39.4 Å². The predicted octanol–water partition coefficient (Wildman–Crippen LogP) is 3.45. The van der Waals surface area contributed by atoms with Crippen LogP contribution in [0.2, 0.25) is 0 Å². The minimum Gasteiger partial charge on any atom is -0.507 e. The summed E-state index contributed by atoms with van der Waals surface area (Å²) in [6, 6.07) is 12.9. The summed E-state index contributed by atoms with van der Waals surface area (Å²) in [7, 11) is 1.59. The molecule has 0 aliphatic carbocycles. The van der Waals surface area contributed by atoms with Gasteiger partial charge in [0.25, 0.3) is 5.91 Å². The van der Waals surface area contributed by atoms with Crippen molar-refractivity contribution in [3.63, 3.8) is 0 Å². The van der Waals surface area contributed by atoms with E-state index >= 15 is 0 Å². The average molecular weight is 382 g/mol. The number of oxazole rings is 1. The fourth-order valence-corrected chi connectivity index (χ4v) is 3.36. The molecule has 0 saturated heterocycles. The molecule has 1 atom stereocenters. The fourth-order valence-electron chi connectivity index (χ4n) is 3.36. The molecule has 6 nitrogen and oxygen atoms in total. The van der Waals surface area contributed by atoms with Gasteiger partial charge in [0.1, 0.15) is 23.0 Å². The molecule has 3 aromatic rings. The molecule has 4 rings (SSSR count). The van der Waals surface area contributed by atoms with Gasteiger partial charge in [-0.2, -0.15) is 0 Å². The zero-order valence-electron chi connectivity index (χ0n) is 15.3. The van der Waals surface area contributed by atoms with Gasteiger partial charge in [-0.15, -0.1) is 0 Å². The van der Waals surface area contributed by atoms with Crippen LogP contribution in [-0.4, -0.2) is 34.6 Å². The van der Waals surface area contributed by atoms with E-state index in [1.54, 1.807) is 7.11 Å². The van der Waals surface area contributed by atoms with Crippen molar-refractivity contribution in [2.45, 2.75) is 19.1 Å². The van der Waals surface area contributed by atoms with Crippen molar-refractivity contribution in [3.05, 3.63) is 82.8 Å². The summed E-state index contributed by atoms with van der Waals surface area (Å²) >= 11 is 0. The third kappa shape index (κ3) is 3.36. The van der Waals surface area contributed by atoms with Gasteiger partial charge < -0.3 is 19.2 Å². The number of benzene rings is 2. The molecule has 0 saturated carbocycles. The molecule has 2 aromatic carbocycles. The molecule has 144 valence electrons. The molecular formula is C21H19FN2O4. The first-order valence-corrected chi connectivity index (χ1v) is 8.91. The van der Waals surface area contributed by atoms with Gasteiger partial charge in [0, 0.05) is 20.1 Å². The third-order valence-electron chi connectivity index (χ3n) is 4.78. The third-order valence-corrected chi connectivity index (χ3v) is 4.78. The molecule has 1 aromatic heterocycles. The number of hydrogen-bond acceptors (Lipinski definition) is 5. The van der Waals surface area contributed by atoms with Crippen molar-refractivity contribution >= 4 is 5.91 Å². The molecule has 0 spiro atoms. The van der Waals surface area contributed by atoms with Gasteiger partial charge in [-0.25, -0.2) is 9.37 Å². The number of rotatable bonds is 4. The number of carbonyl (C=O) groups excluding carboxylic acids is 1. The highest BCUT2D eigenvalue weighted by molar-refractivity contribution is 5.96. The number of hydrogen-bond donors (Lipinski definition) is 1. The summed E-state index contributed by atoms with van der Waals surface area (Å²) in [6.07, 6.45) is 0.0401. The van der Waals surface area contributed by atoms with Gasteiger partial charge >= 0.3 is 0 Å². The van der Waals surface area contributed by atoms with E-state index < -0.39 is 17.8 Å². The Labute approximate surface area is 161 Å². The average Bonchev–Trinajstić information content (AvgIpc) is 3.13. The number of fused-ring (bicyclic) bond motifs is 1. The van der Waals surface area contributed by atoms with Gasteiger partial charge in [-0.1, -0.05) is 30.3 Å². The van der Waals surface area contributed by atoms with Gasteiger partial charge in [-0.3, -0.25) is 4.79 Å². The molecule has 0 radical (unpaired) electrons. The van der Waals surface area contributed by atoms with E-state index in [4.69, 9.17) is 9.15 Å². The van der Waals surface area contributed by atoms with Crippen molar-refractivity contribution in [1.82, 2.24) is 9.88 Å². The van der Waals surface area contributed by atoms with E-state index in [-0.39, 0.29) is 17.9 Å². The Kier molecular flexibility index (Phi) is 4.83. The number of aromatic nitrogens is 1. The Morgan fingerprint density at radius 1 is 1.29 bits per heavy atom. The molecule has 1 amide bonds. The number of phenols is 1. The SMILES string of the molecule is COC(c1ccccc1)c1nc2c(o1)CCN(C(=O)c1cc(F)ccc1O)C2. The number of halogens is 1. The summed E-state index contributed by atoms with van der Waals surface area (Å²) < 4.78 is 25.0. The second-order valence-corrected chi connectivity index (χ2v) is 6.59. The minimum absolute atomic E-state index is 0.0637. The van der Waals surface area contributed by atoms with Crippen LogP contribution in [0.25, 0.3) is 0 Å². The summed E-state index contributed by atoms with van der Waals surface area (Å²) in [5.74, 6) is -0.129. The summed E-state index contributed by atoms with van der Waals surface area (Å²) in [6.45, 7) is 0.609. The van der Waals surface area contributed by atoms with Crippen LogP contribution in [-0.2, 0) is 17.7 Å². The molecular weight excluding hydrogens is 363 g/mol. The van der Waals surface area contributed by atoms with E-state index in [2.05, 4.69) is 4.98 Å². The van der Waals surface area contributed by atoms with Crippen molar-refractivity contribution in [3.8, 4) is 5.75 Å². The van der Waals surface area contributed by atoms with Crippen LogP contribution >= 0.6 is 0 Å². The van der Waals surface area contributed by atoms with Gasteiger partial charge in [0.2, 0.25) is 5.89 Å². The summed E-state index contributed by atoms with van der Waals surface area (Å²) in [5.41, 5.74) is 1.50. The quantitative estimate of drug-likeness (QED) is 0.748. The van der Waals surface area contributed by atoms with E-state index in [0.29, 0.717) is 30.3 Å². The second-order valence-electron chi connectivity index (χ2n) is 6.59. The number of phenolic OH excluding ortho intramolecular Hbond substituents is 1. The lowest BCUT2D eigenvalue weighted by Crippen LogP contribution is -2.35. The Hall–Kier alpha value is -3.19. The molecule has 2 heterocycles. The maximum Gasteiger partial charge on any atom is 0.258 e. The molecule has 1 unspecified atom stereocenters. The normalized spacial score (nSPS) is 14.6. The smallest absolute Gasteiger partial charge is 0.258 e. The molecule has 1 N–H and O–H groups in total. The predicted molar refractivity (Wildman–Crippen MR) is 98.3 cm³/mol. The van der Waals surface area contributed by atoms with Crippen LogP contribution < -0.4 is 0 Å². The lowest BCUT2D eigenvalue weighted by Gasteiger charge is -2.25. The minimum atomic E-state index is -0.576. The number of ether oxygens (including phenoxy) is 1. The van der Waals surface area contributed by atoms with Crippen LogP contribution in [0.5, 0.6) is 5.75 Å². The van der Waals surface area contributed by atoms with Crippen LogP contribution in [0.3, 0.4) is 0 Å². The number of nitrogens with zero attached hydrogens (tertiary/aromatic N) is 2. The van der Waals surface area contributed by atoms with Crippen LogP contribution in [0, 0.1) is 5.82 Å². The lowest BCUT2D eigenvalue weighted by molar-refractivity contribution is 0.0723. The highest BCUT2D eigenvalue weighted by atomic mass is 19.1. The van der Waals surface area contributed by atoms with Crippen molar-refractivity contribution in [1.29, 1.82) is 0 Å². The van der Waals surface area contributed by atoms with Crippen LogP contribution in [0.15, 0.2) is 52.9 Å². The second kappa shape index (κ2) is 7.44. The first-order chi connectivity index (χ1) is 13.6. The zero-order valence-corrected chi connectivity index (χ0v) is 15.3. The van der Waals surface area contributed by atoms with E-state index in [1.165, 1.54) is 11.0 Å². The summed E-state index contributed by atoms with van der Waals surface area (Å²) in [5, 5.41) is 9.90. The van der Waals surface area contributed by atoms with Crippen molar-refractivity contribution < 1.29 is 23.4 Å². The number of carbonyl (C=O) groups is 1. The first-order valence-electron chi connectivity index (χ1n) is 8.91.